The van der Waals surface area contributed by atoms with Crippen molar-refractivity contribution >= 4 is 38.9 Å². The number of hydrogen-bond acceptors (Lipinski definition) is 1. The van der Waals surface area contributed by atoms with Crippen LogP contribution >= 0.6 is 0 Å². The fourth-order valence-electron chi connectivity index (χ4n) is 6.42. The van der Waals surface area contributed by atoms with E-state index in [1.807, 2.05) is 0 Å². The summed E-state index contributed by atoms with van der Waals surface area (Å²) in [7, 11) is 0. The van der Waals surface area contributed by atoms with Gasteiger partial charge in [-0.2, -0.15) is 0 Å². The Morgan fingerprint density at radius 3 is 1.35 bits per heavy atom. The average Bonchev–Trinajstić information content (AvgIpc) is 1.59. The molecule has 0 atom stereocenters. The largest absolute Gasteiger partial charge is 0.310 e. The summed E-state index contributed by atoms with van der Waals surface area (Å²) in [4.78, 5) is 0.281. The predicted octanol–water partition coefficient (Wildman–Crippen LogP) is 16.6. The Bertz CT molecular complexity index is 5600. The summed E-state index contributed by atoms with van der Waals surface area (Å²) in [5, 5.41) is -1.63. The van der Waals surface area contributed by atoms with Gasteiger partial charge >= 0.3 is 0 Å². The average molecular weight is 832 g/mol. The molecule has 0 saturated heterocycles. The Morgan fingerprint density at radius 2 is 0.726 bits per heavy atom. The van der Waals surface area contributed by atoms with E-state index in [0.717, 1.165) is 0 Å². The minimum atomic E-state index is -1.45. The van der Waals surface area contributed by atoms with Gasteiger partial charge in [-0.1, -0.05) is 193 Å². The SMILES string of the molecule is [2H]c1c(N(c2c([2H])c([2H])c(-c3c([2H])c([2H])c([2H])c([2H])c3[2H])c([2H])c2[2H])c2c([2H])c([2H])c(-c3c([2H])c([2H])c4c(c3[2H])c3c([2H])c([2H])c([2H])c([2H])c3n4-c3c([2H])c([2H])c([2H])c([2H])c3-c3c([2H])c([2H])c([2H])c([2H])c3[2H])c([2H])c2[2H])cc(-c2c([2H])c([2H])c([2H])c([2H])c2[2H])c(-c2c([2H])c([2H])c([2H])c([2H])c2[2H])c1[2H]. The van der Waals surface area contributed by atoms with Crippen molar-refractivity contribution in [3.8, 4) is 61.3 Å². The summed E-state index contributed by atoms with van der Waals surface area (Å²) >= 11 is 0. The first-order valence-corrected chi connectivity index (χ1v) is 17.9. The summed E-state index contributed by atoms with van der Waals surface area (Å²) in [6.07, 6.45) is 0. The number of nitrogens with zero attached hydrogens (tertiary/aromatic N) is 2. The summed E-state index contributed by atoms with van der Waals surface area (Å²) in [6.45, 7) is 0. The third kappa shape index (κ3) is 6.84. The Labute approximate surface area is 420 Å². The molecule has 0 unspecified atom stereocenters. The minimum absolute atomic E-state index is 0.281. The lowest BCUT2D eigenvalue weighted by Crippen LogP contribution is -2.10. The fraction of sp³-hybridized carbons (Fsp3) is 0. The van der Waals surface area contributed by atoms with Crippen LogP contribution in [0, 0.1) is 0 Å². The van der Waals surface area contributed by atoms with Crippen molar-refractivity contribution in [1.82, 2.24) is 4.57 Å². The van der Waals surface area contributed by atoms with E-state index < -0.39 is 348 Å². The fourth-order valence-corrected chi connectivity index (χ4v) is 6.42. The standard InChI is InChI=1S/C60H42N2/c1-5-17-43(18-6-1)44-29-34-50(35-30-44)61(52-38-39-53(46-19-7-2-8-20-46)56(42-52)48-23-11-4-12-24-48)51-36-31-45(32-37-51)49-33-40-60-57(41-49)55-26-14-16-28-59(55)62(60)58-27-15-13-25-54(58)47-21-9-3-10-22-47/h1-42H/i1D,2D,3D,4D,5D,6D,7D,8D,9D,10D,11D,12D,13D,14D,15D,16D,17D,18D,19D,20D,21D,22D,23D,24D,25D,26D,27D,28D,29D,30D,31D,32D,33D,34D,35D,36D,37D,38D,39D,40D,41D. The molecule has 0 aliphatic rings. The highest BCUT2D eigenvalue weighted by atomic mass is 15.1. The molecule has 1 aromatic heterocycles. The van der Waals surface area contributed by atoms with E-state index in [2.05, 4.69) is 0 Å². The quantitative estimate of drug-likeness (QED) is 0.141. The van der Waals surface area contributed by atoms with E-state index in [4.69, 9.17) is 32.9 Å². The second kappa shape index (κ2) is 16.1. The summed E-state index contributed by atoms with van der Waals surface area (Å²) in [6, 6.07) is -46.3. The zero-order valence-electron chi connectivity index (χ0n) is 72.0. The van der Waals surface area contributed by atoms with E-state index in [9.17, 15) is 23.3 Å². The van der Waals surface area contributed by atoms with Gasteiger partial charge in [0, 0.05) is 33.4 Å². The van der Waals surface area contributed by atoms with Crippen molar-refractivity contribution in [3.63, 3.8) is 0 Å². The van der Waals surface area contributed by atoms with Gasteiger partial charge in [-0.05, 0) is 111 Å². The highest BCUT2D eigenvalue weighted by Gasteiger charge is 2.19. The molecular weight excluding hydrogens is 749 g/mol. The molecule has 2 heteroatoms. The highest BCUT2D eigenvalue weighted by Crippen LogP contribution is 2.43. The summed E-state index contributed by atoms with van der Waals surface area (Å²) < 4.78 is 373. The van der Waals surface area contributed by atoms with Gasteiger partial charge in [0.25, 0.3) is 0 Å². The molecule has 62 heavy (non-hydrogen) atoms. The van der Waals surface area contributed by atoms with Gasteiger partial charge in [-0.3, -0.25) is 0 Å². The van der Waals surface area contributed by atoms with Crippen molar-refractivity contribution in [1.29, 1.82) is 0 Å². The van der Waals surface area contributed by atoms with Crippen LogP contribution in [0.4, 0.5) is 17.1 Å². The van der Waals surface area contributed by atoms with Crippen LogP contribution in [0.2, 0.25) is 0 Å². The number of anilines is 3. The van der Waals surface area contributed by atoms with Crippen molar-refractivity contribution < 1.29 is 56.2 Å². The van der Waals surface area contributed by atoms with Crippen LogP contribution in [0.1, 0.15) is 56.2 Å². The van der Waals surface area contributed by atoms with Crippen LogP contribution in [0.25, 0.3) is 83.1 Å². The van der Waals surface area contributed by atoms with E-state index in [1.165, 1.54) is 0 Å². The van der Waals surface area contributed by atoms with Crippen LogP contribution in [0.15, 0.2) is 254 Å². The molecule has 0 saturated carbocycles. The molecule has 0 bridgehead atoms. The first-order chi connectivity index (χ1) is 47.8. The maximum absolute atomic E-state index is 10.0. The van der Waals surface area contributed by atoms with Crippen LogP contribution < -0.4 is 4.90 Å². The lowest BCUT2D eigenvalue weighted by Gasteiger charge is -2.27. The molecular formula is C60H42N2. The summed E-state index contributed by atoms with van der Waals surface area (Å²) in [5.74, 6) is 0. The molecule has 11 aromatic rings. The predicted molar refractivity (Wildman–Crippen MR) is 263 cm³/mol. The third-order valence-electron chi connectivity index (χ3n) is 9.10. The number of fused-ring (bicyclic) bond motifs is 3. The minimum Gasteiger partial charge on any atom is -0.310 e. The third-order valence-corrected chi connectivity index (χ3v) is 9.10. The van der Waals surface area contributed by atoms with Gasteiger partial charge in [-0.15, -0.1) is 0 Å². The molecule has 1 heterocycles. The zero-order valence-corrected chi connectivity index (χ0v) is 31.0. The molecule has 0 aliphatic heterocycles. The Balaban J connectivity index is 1.33. The second-order valence-electron chi connectivity index (χ2n) is 12.6. The summed E-state index contributed by atoms with van der Waals surface area (Å²) in [5.41, 5.74) is -16.1. The number of benzene rings is 10. The molecule has 0 aliphatic carbocycles. The van der Waals surface area contributed by atoms with E-state index in [-0.39, 0.29) is 4.90 Å². The lowest BCUT2D eigenvalue weighted by molar-refractivity contribution is 1.18. The molecule has 0 fully saturated rings. The number of aromatic nitrogens is 1. The molecule has 0 amide bonds. The molecule has 0 radical (unpaired) electrons. The second-order valence-corrected chi connectivity index (χ2v) is 12.6. The molecule has 11 rings (SSSR count). The molecule has 10 aromatic carbocycles. The van der Waals surface area contributed by atoms with Gasteiger partial charge in [-0.25, -0.2) is 0 Å². The number of para-hydroxylation sites is 2. The van der Waals surface area contributed by atoms with Gasteiger partial charge in [0.05, 0.1) is 72.9 Å². The topological polar surface area (TPSA) is 8.17 Å². The van der Waals surface area contributed by atoms with Gasteiger partial charge in [0.2, 0.25) is 0 Å². The first-order valence-electron chi connectivity index (χ1n) is 38.4. The van der Waals surface area contributed by atoms with Crippen molar-refractivity contribution in [2.75, 3.05) is 4.90 Å². The molecule has 0 N–H and O–H groups in total. The zero-order chi connectivity index (χ0) is 76.9. The van der Waals surface area contributed by atoms with Gasteiger partial charge in [0.15, 0.2) is 0 Å². The monoisotopic (exact) mass is 832 g/mol. The van der Waals surface area contributed by atoms with Gasteiger partial charge in [0.1, 0.15) is 0 Å². The Morgan fingerprint density at radius 1 is 0.290 bits per heavy atom. The molecule has 2 nitrogen and oxygen atoms in total. The lowest BCUT2D eigenvalue weighted by atomic mass is 9.93. The highest BCUT2D eigenvalue weighted by molar-refractivity contribution is 6.11. The Hall–Kier alpha value is -8.20. The smallest absolute Gasteiger partial charge is 0.0645 e. The molecule has 292 valence electrons. The van der Waals surface area contributed by atoms with Gasteiger partial charge < -0.3 is 9.47 Å². The van der Waals surface area contributed by atoms with E-state index in [1.54, 1.807) is 0 Å². The van der Waals surface area contributed by atoms with Crippen molar-refractivity contribution in [2.45, 2.75) is 0 Å². The first kappa shape index (κ1) is 13.7. The van der Waals surface area contributed by atoms with Crippen LogP contribution in [0.5, 0.6) is 0 Å². The van der Waals surface area contributed by atoms with Crippen molar-refractivity contribution in [3.05, 3.63) is 254 Å². The van der Waals surface area contributed by atoms with Crippen LogP contribution in [0.3, 0.4) is 0 Å². The van der Waals surface area contributed by atoms with Crippen LogP contribution in [-0.4, -0.2) is 4.57 Å². The number of rotatable bonds is 9. The maximum atomic E-state index is 10.0. The maximum Gasteiger partial charge on any atom is 0.0645 e. The molecule has 0 spiro atoms. The normalized spacial score (nSPS) is 20.5. The Kier molecular flexibility index (Phi) is 3.55. The van der Waals surface area contributed by atoms with Crippen LogP contribution in [-0.2, 0) is 0 Å². The van der Waals surface area contributed by atoms with E-state index >= 15 is 0 Å². The van der Waals surface area contributed by atoms with Crippen molar-refractivity contribution in [2.24, 2.45) is 0 Å². The van der Waals surface area contributed by atoms with E-state index in [0.29, 0.717) is 10.6 Å². The number of hydrogen-bond donors (Lipinski definition) is 0.